The Bertz CT molecular complexity index is 1150. The Kier molecular flexibility index (Phi) is 5.50. The molecule has 2 heterocycles. The number of aliphatic carboxylic acids is 1. The van der Waals surface area contributed by atoms with Crippen molar-refractivity contribution in [2.45, 2.75) is 10.9 Å². The highest BCUT2D eigenvalue weighted by Gasteiger charge is 2.35. The van der Waals surface area contributed by atoms with Crippen LogP contribution in [0.2, 0.25) is 0 Å². The highest BCUT2D eigenvalue weighted by atomic mass is 32.2. The second-order valence-electron chi connectivity index (χ2n) is 7.12. The summed E-state index contributed by atoms with van der Waals surface area (Å²) in [6.07, 6.45) is 1.69. The van der Waals surface area contributed by atoms with E-state index in [1.54, 1.807) is 48.5 Å². The zero-order chi connectivity index (χ0) is 21.3. The standard InChI is InChI=1S/C21H23N3O5S/c1-29-18-9-5-8-16-17(14-22-19(16)18)20(21(25)26)23-10-12-24(13-11-23)30(27,28)15-6-3-2-4-7-15/h2-9,14,20,22H,10-13H2,1H3,(H,25,26)/t20-/m0/s1. The smallest absolute Gasteiger partial charge is 0.325 e. The minimum atomic E-state index is -3.59. The van der Waals surface area contributed by atoms with E-state index >= 15 is 0 Å². The molecule has 0 aliphatic carbocycles. The van der Waals surface area contributed by atoms with Gasteiger partial charge in [-0.3, -0.25) is 9.69 Å². The second-order valence-corrected chi connectivity index (χ2v) is 9.06. The fourth-order valence-electron chi connectivity index (χ4n) is 3.97. The van der Waals surface area contributed by atoms with Crippen molar-refractivity contribution in [3.63, 3.8) is 0 Å². The molecule has 0 saturated carbocycles. The number of rotatable bonds is 6. The van der Waals surface area contributed by atoms with Gasteiger partial charge in [0.25, 0.3) is 0 Å². The summed E-state index contributed by atoms with van der Waals surface area (Å²) in [5.74, 6) is -0.334. The summed E-state index contributed by atoms with van der Waals surface area (Å²) < 4.78 is 32.5. The third-order valence-electron chi connectivity index (χ3n) is 5.48. The lowest BCUT2D eigenvalue weighted by Crippen LogP contribution is -2.50. The van der Waals surface area contributed by atoms with Crippen LogP contribution in [0.25, 0.3) is 10.9 Å². The summed E-state index contributed by atoms with van der Waals surface area (Å²) in [5.41, 5.74) is 1.38. The normalized spacial score (nSPS) is 17.1. The van der Waals surface area contributed by atoms with Gasteiger partial charge in [-0.05, 0) is 18.2 Å². The average molecular weight is 429 g/mol. The number of piperazine rings is 1. The summed E-state index contributed by atoms with van der Waals surface area (Å²) in [6, 6.07) is 12.9. The van der Waals surface area contributed by atoms with Crippen molar-refractivity contribution >= 4 is 26.9 Å². The lowest BCUT2D eigenvalue weighted by molar-refractivity contribution is -0.144. The SMILES string of the molecule is COc1cccc2c([C@@H](C(=O)O)N3CCN(S(=O)(=O)c4ccccc4)CC3)c[nH]c12. The van der Waals surface area contributed by atoms with E-state index in [4.69, 9.17) is 4.74 Å². The maximum atomic E-state index is 12.8. The highest BCUT2D eigenvalue weighted by Crippen LogP contribution is 2.33. The van der Waals surface area contributed by atoms with Gasteiger partial charge in [0.1, 0.15) is 11.8 Å². The molecule has 0 unspecified atom stereocenters. The Hall–Kier alpha value is -2.88. The number of carboxylic acids is 1. The first kappa shape index (κ1) is 20.4. The van der Waals surface area contributed by atoms with Gasteiger partial charge in [0.15, 0.2) is 0 Å². The van der Waals surface area contributed by atoms with Crippen LogP contribution in [0.15, 0.2) is 59.6 Å². The number of hydrogen-bond donors (Lipinski definition) is 2. The molecule has 1 aromatic heterocycles. The summed E-state index contributed by atoms with van der Waals surface area (Å²) in [5, 5.41) is 10.7. The van der Waals surface area contributed by atoms with E-state index < -0.39 is 22.0 Å². The van der Waals surface area contributed by atoms with E-state index in [1.165, 1.54) is 4.31 Å². The van der Waals surface area contributed by atoms with Crippen molar-refractivity contribution in [2.24, 2.45) is 0 Å². The second kappa shape index (κ2) is 8.10. The van der Waals surface area contributed by atoms with Crippen molar-refractivity contribution in [2.75, 3.05) is 33.3 Å². The van der Waals surface area contributed by atoms with E-state index in [0.717, 1.165) is 10.9 Å². The number of benzene rings is 2. The molecule has 158 valence electrons. The number of carboxylic acid groups (broad SMARTS) is 1. The first-order valence-electron chi connectivity index (χ1n) is 9.59. The monoisotopic (exact) mass is 429 g/mol. The number of nitrogens with one attached hydrogen (secondary N) is 1. The van der Waals surface area contributed by atoms with E-state index in [1.807, 2.05) is 18.2 Å². The molecular weight excluding hydrogens is 406 g/mol. The van der Waals surface area contributed by atoms with Crippen molar-refractivity contribution < 1.29 is 23.1 Å². The number of fused-ring (bicyclic) bond motifs is 1. The Morgan fingerprint density at radius 1 is 1.07 bits per heavy atom. The van der Waals surface area contributed by atoms with Gasteiger partial charge >= 0.3 is 5.97 Å². The van der Waals surface area contributed by atoms with Crippen LogP contribution in [-0.2, 0) is 14.8 Å². The fraction of sp³-hybridized carbons (Fsp3) is 0.286. The van der Waals surface area contributed by atoms with Crippen molar-refractivity contribution in [3.05, 3.63) is 60.3 Å². The van der Waals surface area contributed by atoms with Crippen LogP contribution in [0.1, 0.15) is 11.6 Å². The molecule has 0 amide bonds. The quantitative estimate of drug-likeness (QED) is 0.623. The number of aromatic nitrogens is 1. The molecule has 4 rings (SSSR count). The van der Waals surface area contributed by atoms with Gasteiger partial charge in [0, 0.05) is 43.3 Å². The molecule has 3 aromatic rings. The Balaban J connectivity index is 1.58. The zero-order valence-corrected chi connectivity index (χ0v) is 17.3. The minimum absolute atomic E-state index is 0.229. The lowest BCUT2D eigenvalue weighted by Gasteiger charge is -2.37. The molecule has 1 aliphatic rings. The van der Waals surface area contributed by atoms with Crippen LogP contribution < -0.4 is 4.74 Å². The summed E-state index contributed by atoms with van der Waals surface area (Å²) in [7, 11) is -2.03. The predicted octanol–water partition coefficient (Wildman–Crippen LogP) is 2.31. The largest absolute Gasteiger partial charge is 0.495 e. The molecule has 9 heteroatoms. The minimum Gasteiger partial charge on any atom is -0.495 e. The van der Waals surface area contributed by atoms with Gasteiger partial charge in [-0.25, -0.2) is 8.42 Å². The number of sulfonamides is 1. The molecule has 2 N–H and O–H groups in total. The Morgan fingerprint density at radius 2 is 1.77 bits per heavy atom. The molecule has 2 aromatic carbocycles. The molecule has 0 bridgehead atoms. The topological polar surface area (TPSA) is 103 Å². The summed E-state index contributed by atoms with van der Waals surface area (Å²) in [4.78, 5) is 17.3. The maximum absolute atomic E-state index is 12.8. The van der Waals surface area contributed by atoms with Crippen LogP contribution in [0.4, 0.5) is 0 Å². The van der Waals surface area contributed by atoms with Gasteiger partial charge < -0.3 is 14.8 Å². The Labute approximate surface area is 174 Å². The highest BCUT2D eigenvalue weighted by molar-refractivity contribution is 7.89. The van der Waals surface area contributed by atoms with E-state index in [2.05, 4.69) is 4.98 Å². The van der Waals surface area contributed by atoms with Crippen molar-refractivity contribution in [1.29, 1.82) is 0 Å². The Morgan fingerprint density at radius 3 is 2.40 bits per heavy atom. The third-order valence-corrected chi connectivity index (χ3v) is 7.39. The number of ether oxygens (including phenoxy) is 1. The predicted molar refractivity (Wildman–Crippen MR) is 112 cm³/mol. The summed E-state index contributed by atoms with van der Waals surface area (Å²) >= 11 is 0. The first-order valence-corrected chi connectivity index (χ1v) is 11.0. The van der Waals surface area contributed by atoms with E-state index in [0.29, 0.717) is 24.4 Å². The molecule has 1 atom stereocenters. The zero-order valence-electron chi connectivity index (χ0n) is 16.5. The van der Waals surface area contributed by atoms with Gasteiger partial charge in [0.2, 0.25) is 10.0 Å². The molecule has 8 nitrogen and oxygen atoms in total. The number of hydrogen-bond acceptors (Lipinski definition) is 5. The van der Waals surface area contributed by atoms with Crippen LogP contribution in [0, 0.1) is 0 Å². The molecule has 1 saturated heterocycles. The van der Waals surface area contributed by atoms with Crippen LogP contribution in [0.5, 0.6) is 5.75 Å². The fourth-order valence-corrected chi connectivity index (χ4v) is 5.42. The number of aromatic amines is 1. The van der Waals surface area contributed by atoms with Crippen LogP contribution in [0.3, 0.4) is 0 Å². The van der Waals surface area contributed by atoms with E-state index in [9.17, 15) is 18.3 Å². The molecule has 1 aliphatic heterocycles. The van der Waals surface area contributed by atoms with Crippen molar-refractivity contribution in [1.82, 2.24) is 14.2 Å². The number of nitrogens with zero attached hydrogens (tertiary/aromatic N) is 2. The van der Waals surface area contributed by atoms with Gasteiger partial charge in [-0.15, -0.1) is 0 Å². The van der Waals surface area contributed by atoms with Gasteiger partial charge in [-0.2, -0.15) is 4.31 Å². The first-order chi connectivity index (χ1) is 14.4. The van der Waals surface area contributed by atoms with Gasteiger partial charge in [-0.1, -0.05) is 30.3 Å². The van der Waals surface area contributed by atoms with Crippen LogP contribution in [-0.4, -0.2) is 67.0 Å². The average Bonchev–Trinajstić information content (AvgIpc) is 3.18. The molecule has 30 heavy (non-hydrogen) atoms. The van der Waals surface area contributed by atoms with Crippen molar-refractivity contribution in [3.8, 4) is 5.75 Å². The molecular formula is C21H23N3O5S. The molecule has 0 spiro atoms. The molecule has 1 fully saturated rings. The number of H-pyrrole nitrogens is 1. The van der Waals surface area contributed by atoms with Crippen LogP contribution >= 0.6 is 0 Å². The summed E-state index contributed by atoms with van der Waals surface area (Å²) in [6.45, 7) is 1.10. The number of para-hydroxylation sites is 1. The number of methoxy groups -OCH3 is 1. The molecule has 0 radical (unpaired) electrons. The van der Waals surface area contributed by atoms with Gasteiger partial charge in [0.05, 0.1) is 17.5 Å². The maximum Gasteiger partial charge on any atom is 0.325 e. The lowest BCUT2D eigenvalue weighted by atomic mass is 10.0. The van der Waals surface area contributed by atoms with E-state index in [-0.39, 0.29) is 18.0 Å². The number of carbonyl (C=O) groups is 1. The third kappa shape index (κ3) is 3.55.